The number of halogens is 1. The van der Waals surface area contributed by atoms with E-state index in [4.69, 9.17) is 21.1 Å². The average molecular weight is 301 g/mol. The summed E-state index contributed by atoms with van der Waals surface area (Å²) in [4.78, 5) is 0. The largest absolute Gasteiger partial charge is 0.491 e. The van der Waals surface area contributed by atoms with Gasteiger partial charge in [0.1, 0.15) is 12.4 Å². The van der Waals surface area contributed by atoms with Crippen molar-refractivity contribution >= 4 is 11.6 Å². The van der Waals surface area contributed by atoms with Crippen molar-refractivity contribution in [3.05, 3.63) is 28.3 Å². The average Bonchev–Trinajstić information content (AvgIpc) is 2.33. The second-order valence-corrected chi connectivity index (χ2v) is 6.57. The van der Waals surface area contributed by atoms with Crippen LogP contribution in [0.2, 0.25) is 5.02 Å². The molecule has 3 nitrogen and oxygen atoms in total. The summed E-state index contributed by atoms with van der Waals surface area (Å²) in [6.45, 7) is 13.5. The molecule has 0 saturated carbocycles. The van der Waals surface area contributed by atoms with Crippen LogP contribution in [0.5, 0.6) is 5.75 Å². The topological polar surface area (TPSA) is 35.1 Å². The Morgan fingerprint density at radius 3 is 2.20 bits per heavy atom. The molecule has 1 aromatic rings. The highest BCUT2D eigenvalue weighted by molar-refractivity contribution is 6.32. The van der Waals surface area contributed by atoms with E-state index in [2.05, 4.69) is 26.1 Å². The fraction of sp³-hybridized carbons (Fsp3) is 0.625. The van der Waals surface area contributed by atoms with Crippen molar-refractivity contribution < 1.29 is 14.8 Å². The predicted octanol–water partition coefficient (Wildman–Crippen LogP) is 2.71. The van der Waals surface area contributed by atoms with Gasteiger partial charge in [-0.1, -0.05) is 11.6 Å². The van der Waals surface area contributed by atoms with Gasteiger partial charge in [-0.05, 0) is 57.9 Å². The summed E-state index contributed by atoms with van der Waals surface area (Å²) in [5.74, 6) is 0.856. The van der Waals surface area contributed by atoms with Gasteiger partial charge in [-0.3, -0.25) is 0 Å². The van der Waals surface area contributed by atoms with Crippen molar-refractivity contribution in [2.45, 2.75) is 40.2 Å². The summed E-state index contributed by atoms with van der Waals surface area (Å²) >= 11 is 6.12. The van der Waals surface area contributed by atoms with E-state index >= 15 is 0 Å². The van der Waals surface area contributed by atoms with Crippen molar-refractivity contribution in [3.8, 4) is 5.75 Å². The second kappa shape index (κ2) is 7.87. The highest BCUT2D eigenvalue weighted by Gasteiger charge is 2.11. The Labute approximate surface area is 127 Å². The van der Waals surface area contributed by atoms with Crippen LogP contribution in [-0.4, -0.2) is 31.9 Å². The Kier molecular flexibility index (Phi) is 6.80. The van der Waals surface area contributed by atoms with Crippen molar-refractivity contribution in [2.75, 3.05) is 26.4 Å². The molecule has 4 heteroatoms. The lowest BCUT2D eigenvalue weighted by Crippen LogP contribution is -2.95. The van der Waals surface area contributed by atoms with Gasteiger partial charge < -0.3 is 14.8 Å². The molecule has 0 aromatic heterocycles. The first kappa shape index (κ1) is 17.3. The molecule has 0 amide bonds. The van der Waals surface area contributed by atoms with E-state index in [1.807, 2.05) is 26.0 Å². The molecule has 0 aliphatic rings. The third kappa shape index (κ3) is 6.60. The highest BCUT2D eigenvalue weighted by atomic mass is 35.5. The molecular formula is C16H27ClNO2+. The summed E-state index contributed by atoms with van der Waals surface area (Å²) in [5.41, 5.74) is 2.35. The molecule has 0 unspecified atom stereocenters. The SMILES string of the molecule is Cc1cc(OCCOCC[NH2+]C(C)(C)C)cc(C)c1Cl. The Bertz CT molecular complexity index is 404. The van der Waals surface area contributed by atoms with E-state index in [0.29, 0.717) is 13.2 Å². The van der Waals surface area contributed by atoms with Gasteiger partial charge >= 0.3 is 0 Å². The van der Waals surface area contributed by atoms with E-state index in [1.165, 1.54) is 0 Å². The first-order valence-electron chi connectivity index (χ1n) is 7.11. The minimum atomic E-state index is 0.262. The van der Waals surface area contributed by atoms with E-state index in [-0.39, 0.29) is 5.54 Å². The molecule has 0 radical (unpaired) electrons. The molecule has 0 atom stereocenters. The zero-order valence-corrected chi connectivity index (χ0v) is 14.0. The molecule has 114 valence electrons. The van der Waals surface area contributed by atoms with Gasteiger partial charge in [0.15, 0.2) is 0 Å². The number of quaternary nitrogens is 1. The minimum absolute atomic E-state index is 0.262. The quantitative estimate of drug-likeness (QED) is 0.786. The summed E-state index contributed by atoms with van der Waals surface area (Å²) in [7, 11) is 0. The standard InChI is InChI=1S/C16H26ClNO2/c1-12-10-14(11-13(2)15(12)17)20-9-8-19-7-6-18-16(3,4)5/h10-11,18H,6-9H2,1-5H3/p+1. The molecule has 0 fully saturated rings. The van der Waals surface area contributed by atoms with Crippen molar-refractivity contribution in [1.29, 1.82) is 0 Å². The van der Waals surface area contributed by atoms with Crippen LogP contribution in [0.25, 0.3) is 0 Å². The maximum Gasteiger partial charge on any atom is 0.120 e. The van der Waals surface area contributed by atoms with E-state index in [0.717, 1.165) is 35.1 Å². The molecule has 20 heavy (non-hydrogen) atoms. The second-order valence-electron chi connectivity index (χ2n) is 6.19. The number of hydrogen-bond donors (Lipinski definition) is 1. The van der Waals surface area contributed by atoms with Crippen molar-refractivity contribution in [2.24, 2.45) is 0 Å². The zero-order chi connectivity index (χ0) is 15.2. The Balaban J connectivity index is 2.19. The smallest absolute Gasteiger partial charge is 0.120 e. The van der Waals surface area contributed by atoms with Crippen LogP contribution < -0.4 is 10.1 Å². The lowest BCUT2D eigenvalue weighted by molar-refractivity contribution is -0.718. The number of hydrogen-bond acceptors (Lipinski definition) is 2. The molecular weight excluding hydrogens is 274 g/mol. The molecule has 2 N–H and O–H groups in total. The molecule has 0 spiro atoms. The molecule has 0 aliphatic carbocycles. The van der Waals surface area contributed by atoms with E-state index in [1.54, 1.807) is 0 Å². The maximum atomic E-state index is 6.12. The molecule has 0 heterocycles. The van der Waals surface area contributed by atoms with Gasteiger partial charge in [0.05, 0.1) is 25.3 Å². The van der Waals surface area contributed by atoms with Crippen molar-refractivity contribution in [1.82, 2.24) is 0 Å². The van der Waals surface area contributed by atoms with Crippen LogP contribution in [0, 0.1) is 13.8 Å². The van der Waals surface area contributed by atoms with E-state index in [9.17, 15) is 0 Å². The molecule has 0 saturated heterocycles. The summed E-state index contributed by atoms with van der Waals surface area (Å²) in [5, 5.41) is 3.09. The number of aryl methyl sites for hydroxylation is 2. The monoisotopic (exact) mass is 300 g/mol. The molecule has 1 rings (SSSR count). The molecule has 0 bridgehead atoms. The number of rotatable bonds is 7. The van der Waals surface area contributed by atoms with Gasteiger partial charge in [-0.15, -0.1) is 0 Å². The van der Waals surface area contributed by atoms with Crippen LogP contribution in [0.15, 0.2) is 12.1 Å². The highest BCUT2D eigenvalue weighted by Crippen LogP contribution is 2.25. The Hall–Kier alpha value is -0.770. The summed E-state index contributed by atoms with van der Waals surface area (Å²) in [6, 6.07) is 3.92. The maximum absolute atomic E-state index is 6.12. The summed E-state index contributed by atoms with van der Waals surface area (Å²) < 4.78 is 11.2. The third-order valence-electron chi connectivity index (χ3n) is 2.93. The number of ether oxygens (including phenoxy) is 2. The van der Waals surface area contributed by atoms with Crippen LogP contribution in [0.4, 0.5) is 0 Å². The predicted molar refractivity (Wildman–Crippen MR) is 83.8 cm³/mol. The fourth-order valence-corrected chi connectivity index (χ4v) is 1.99. The van der Waals surface area contributed by atoms with Crippen LogP contribution in [0.1, 0.15) is 31.9 Å². The van der Waals surface area contributed by atoms with Gasteiger partial charge in [-0.25, -0.2) is 0 Å². The zero-order valence-electron chi connectivity index (χ0n) is 13.3. The number of nitrogens with two attached hydrogens (primary N) is 1. The lowest BCUT2D eigenvalue weighted by Gasteiger charge is -2.16. The fourth-order valence-electron chi connectivity index (χ4n) is 1.89. The van der Waals surface area contributed by atoms with Crippen molar-refractivity contribution in [3.63, 3.8) is 0 Å². The van der Waals surface area contributed by atoms with Crippen LogP contribution >= 0.6 is 11.6 Å². The van der Waals surface area contributed by atoms with Gasteiger partial charge in [0.25, 0.3) is 0 Å². The first-order chi connectivity index (χ1) is 9.29. The Morgan fingerprint density at radius 2 is 1.65 bits per heavy atom. The lowest BCUT2D eigenvalue weighted by atomic mass is 10.1. The minimum Gasteiger partial charge on any atom is -0.491 e. The normalized spacial score (nSPS) is 11.7. The van der Waals surface area contributed by atoms with Gasteiger partial charge in [-0.2, -0.15) is 0 Å². The summed E-state index contributed by atoms with van der Waals surface area (Å²) in [6.07, 6.45) is 0. The molecule has 0 aliphatic heterocycles. The Morgan fingerprint density at radius 1 is 1.05 bits per heavy atom. The first-order valence-corrected chi connectivity index (χ1v) is 7.49. The van der Waals surface area contributed by atoms with Gasteiger partial charge in [0, 0.05) is 5.02 Å². The third-order valence-corrected chi connectivity index (χ3v) is 3.52. The number of benzene rings is 1. The van der Waals surface area contributed by atoms with E-state index < -0.39 is 0 Å². The van der Waals surface area contributed by atoms with Gasteiger partial charge in [0.2, 0.25) is 0 Å². The molecule has 1 aromatic carbocycles. The van der Waals surface area contributed by atoms with Crippen LogP contribution in [0.3, 0.4) is 0 Å². The van der Waals surface area contributed by atoms with Crippen LogP contribution in [-0.2, 0) is 4.74 Å².